The molecule has 0 aromatic heterocycles. The number of rotatable bonds is 3. The molecule has 74 valence electrons. The first-order valence-electron chi connectivity index (χ1n) is 4.49. The number of nitrogens with two attached hydrogens (primary N) is 1. The van der Waals surface area contributed by atoms with Crippen LogP contribution in [-0.4, -0.2) is 29.8 Å². The summed E-state index contributed by atoms with van der Waals surface area (Å²) in [6.07, 6.45) is 0.721. The average molecular weight is 184 g/mol. The molecule has 0 spiro atoms. The van der Waals surface area contributed by atoms with E-state index in [1.165, 1.54) is 4.90 Å². The van der Waals surface area contributed by atoms with Crippen molar-refractivity contribution in [3.63, 3.8) is 0 Å². The van der Waals surface area contributed by atoms with E-state index >= 15 is 0 Å². The lowest BCUT2D eigenvalue weighted by molar-refractivity contribution is -0.139. The number of carbonyl (C=O) groups excluding carboxylic acids is 2. The van der Waals surface area contributed by atoms with Crippen molar-refractivity contribution < 1.29 is 9.59 Å². The fourth-order valence-electron chi connectivity index (χ4n) is 1.29. The Hall–Kier alpha value is -0.900. The zero-order chi connectivity index (χ0) is 10.1. The number of nitrogens with zero attached hydrogens (tertiary/aromatic N) is 1. The standard InChI is InChI=1S/C9H16N2O2/c1-9(2,5-10)6-11-7(12)3-4-8(11)13/h3-6,10H2,1-2H3. The molecule has 0 bridgehead atoms. The van der Waals surface area contributed by atoms with Gasteiger partial charge in [0.2, 0.25) is 11.8 Å². The van der Waals surface area contributed by atoms with E-state index < -0.39 is 0 Å². The second-order valence-corrected chi connectivity index (χ2v) is 4.24. The van der Waals surface area contributed by atoms with Crippen LogP contribution in [0.15, 0.2) is 0 Å². The summed E-state index contributed by atoms with van der Waals surface area (Å²) in [5, 5.41) is 0. The van der Waals surface area contributed by atoms with Crippen LogP contribution in [0.3, 0.4) is 0 Å². The molecule has 2 N–H and O–H groups in total. The van der Waals surface area contributed by atoms with Crippen LogP contribution in [0.25, 0.3) is 0 Å². The van der Waals surface area contributed by atoms with E-state index in [-0.39, 0.29) is 17.2 Å². The summed E-state index contributed by atoms with van der Waals surface area (Å²) in [4.78, 5) is 23.8. The monoisotopic (exact) mass is 184 g/mol. The lowest BCUT2D eigenvalue weighted by Crippen LogP contribution is -2.41. The van der Waals surface area contributed by atoms with Gasteiger partial charge >= 0.3 is 0 Å². The highest BCUT2D eigenvalue weighted by atomic mass is 16.2. The van der Waals surface area contributed by atoms with Crippen molar-refractivity contribution in [2.24, 2.45) is 11.1 Å². The van der Waals surface area contributed by atoms with E-state index in [4.69, 9.17) is 5.73 Å². The molecule has 4 heteroatoms. The van der Waals surface area contributed by atoms with E-state index in [1.54, 1.807) is 0 Å². The van der Waals surface area contributed by atoms with E-state index in [0.29, 0.717) is 25.9 Å². The Morgan fingerprint density at radius 1 is 1.31 bits per heavy atom. The van der Waals surface area contributed by atoms with Gasteiger partial charge in [0.15, 0.2) is 0 Å². The zero-order valence-corrected chi connectivity index (χ0v) is 8.17. The van der Waals surface area contributed by atoms with Crippen LogP contribution < -0.4 is 5.73 Å². The molecule has 0 radical (unpaired) electrons. The predicted octanol–water partition coefficient (Wildman–Crippen LogP) is 0.120. The largest absolute Gasteiger partial charge is 0.330 e. The van der Waals surface area contributed by atoms with Crippen molar-refractivity contribution >= 4 is 11.8 Å². The van der Waals surface area contributed by atoms with Crippen LogP contribution in [0.2, 0.25) is 0 Å². The van der Waals surface area contributed by atoms with Gasteiger partial charge in [-0.1, -0.05) is 13.8 Å². The van der Waals surface area contributed by atoms with Crippen molar-refractivity contribution in [1.82, 2.24) is 4.90 Å². The first-order valence-corrected chi connectivity index (χ1v) is 4.49. The highest BCUT2D eigenvalue weighted by Gasteiger charge is 2.32. The summed E-state index contributed by atoms with van der Waals surface area (Å²) in [6.45, 7) is 4.82. The first kappa shape index (κ1) is 10.2. The van der Waals surface area contributed by atoms with Gasteiger partial charge in [-0.2, -0.15) is 0 Å². The van der Waals surface area contributed by atoms with E-state index in [0.717, 1.165) is 0 Å². The summed E-state index contributed by atoms with van der Waals surface area (Å²) < 4.78 is 0. The molecule has 0 atom stereocenters. The van der Waals surface area contributed by atoms with Gasteiger partial charge < -0.3 is 5.73 Å². The van der Waals surface area contributed by atoms with E-state index in [1.807, 2.05) is 13.8 Å². The lowest BCUT2D eigenvalue weighted by atomic mass is 9.93. The fraction of sp³-hybridized carbons (Fsp3) is 0.778. The molecule has 1 fully saturated rings. The fourth-order valence-corrected chi connectivity index (χ4v) is 1.29. The van der Waals surface area contributed by atoms with E-state index in [2.05, 4.69) is 0 Å². The van der Waals surface area contributed by atoms with Crippen molar-refractivity contribution in [1.29, 1.82) is 0 Å². The molecular formula is C9H16N2O2. The molecule has 0 saturated carbocycles. The molecule has 0 aromatic carbocycles. The van der Waals surface area contributed by atoms with Crippen molar-refractivity contribution in [3.8, 4) is 0 Å². The van der Waals surface area contributed by atoms with Gasteiger partial charge in [-0.3, -0.25) is 14.5 Å². The smallest absolute Gasteiger partial charge is 0.229 e. The third-order valence-electron chi connectivity index (χ3n) is 2.29. The third kappa shape index (κ3) is 2.28. The SMILES string of the molecule is CC(C)(CN)CN1C(=O)CCC1=O. The van der Waals surface area contributed by atoms with Crippen LogP contribution in [0, 0.1) is 5.41 Å². The van der Waals surface area contributed by atoms with Gasteiger partial charge in [0.05, 0.1) is 0 Å². The number of imide groups is 1. The quantitative estimate of drug-likeness (QED) is 0.634. The molecule has 4 nitrogen and oxygen atoms in total. The molecule has 0 aliphatic carbocycles. The second-order valence-electron chi connectivity index (χ2n) is 4.24. The molecule has 2 amide bonds. The lowest BCUT2D eigenvalue weighted by Gasteiger charge is -2.27. The van der Waals surface area contributed by atoms with Crippen LogP contribution in [0.1, 0.15) is 26.7 Å². The minimum absolute atomic E-state index is 0.0634. The average Bonchev–Trinajstić information content (AvgIpc) is 2.36. The molecule has 13 heavy (non-hydrogen) atoms. The Labute approximate surface area is 78.1 Å². The third-order valence-corrected chi connectivity index (χ3v) is 2.29. The Balaban J connectivity index is 2.62. The topological polar surface area (TPSA) is 63.4 Å². The molecule has 0 aromatic rings. The van der Waals surface area contributed by atoms with Crippen LogP contribution in [-0.2, 0) is 9.59 Å². The minimum atomic E-state index is -0.171. The van der Waals surface area contributed by atoms with Gasteiger partial charge in [0, 0.05) is 19.4 Å². The molecule has 0 unspecified atom stereocenters. The number of amides is 2. The molecule has 1 aliphatic rings. The summed E-state index contributed by atoms with van der Waals surface area (Å²) >= 11 is 0. The van der Waals surface area contributed by atoms with Crippen molar-refractivity contribution in [2.45, 2.75) is 26.7 Å². The molecule has 1 rings (SSSR count). The number of hydrogen-bond donors (Lipinski definition) is 1. The Kier molecular flexibility index (Phi) is 2.71. The van der Waals surface area contributed by atoms with Gasteiger partial charge in [0.25, 0.3) is 0 Å². The number of hydrogen-bond acceptors (Lipinski definition) is 3. The maximum Gasteiger partial charge on any atom is 0.229 e. The summed E-state index contributed by atoms with van der Waals surface area (Å²) in [7, 11) is 0. The molecular weight excluding hydrogens is 168 g/mol. The Morgan fingerprint density at radius 3 is 2.15 bits per heavy atom. The maximum atomic E-state index is 11.2. The summed E-state index contributed by atoms with van der Waals surface area (Å²) in [5.74, 6) is -0.127. The number of likely N-dealkylation sites (tertiary alicyclic amines) is 1. The van der Waals surface area contributed by atoms with Gasteiger partial charge in [-0.15, -0.1) is 0 Å². The first-order chi connectivity index (χ1) is 5.96. The van der Waals surface area contributed by atoms with Gasteiger partial charge in [-0.25, -0.2) is 0 Å². The van der Waals surface area contributed by atoms with E-state index in [9.17, 15) is 9.59 Å². The summed E-state index contributed by atoms with van der Waals surface area (Å²) in [6, 6.07) is 0. The molecule has 1 aliphatic heterocycles. The van der Waals surface area contributed by atoms with Crippen LogP contribution in [0.4, 0.5) is 0 Å². The van der Waals surface area contributed by atoms with Gasteiger partial charge in [0.1, 0.15) is 0 Å². The Morgan fingerprint density at radius 2 is 1.77 bits per heavy atom. The minimum Gasteiger partial charge on any atom is -0.330 e. The van der Waals surface area contributed by atoms with Crippen LogP contribution in [0.5, 0.6) is 0 Å². The highest BCUT2D eigenvalue weighted by molar-refractivity contribution is 6.01. The van der Waals surface area contributed by atoms with Crippen LogP contribution >= 0.6 is 0 Å². The summed E-state index contributed by atoms with van der Waals surface area (Å²) in [5.41, 5.74) is 5.36. The molecule has 1 heterocycles. The second kappa shape index (κ2) is 3.46. The number of carbonyl (C=O) groups is 2. The highest BCUT2D eigenvalue weighted by Crippen LogP contribution is 2.20. The van der Waals surface area contributed by atoms with Gasteiger partial charge in [-0.05, 0) is 12.0 Å². The predicted molar refractivity (Wildman–Crippen MR) is 48.8 cm³/mol. The van der Waals surface area contributed by atoms with Crippen molar-refractivity contribution in [3.05, 3.63) is 0 Å². The maximum absolute atomic E-state index is 11.2. The zero-order valence-electron chi connectivity index (χ0n) is 8.17. The normalized spacial score (nSPS) is 18.5. The Bertz CT molecular complexity index is 220. The molecule has 1 saturated heterocycles. The van der Waals surface area contributed by atoms with Crippen molar-refractivity contribution in [2.75, 3.05) is 13.1 Å².